The van der Waals surface area contributed by atoms with Gasteiger partial charge in [0.1, 0.15) is 0 Å². The van der Waals surface area contributed by atoms with E-state index < -0.39 is 0 Å². The Labute approximate surface area is 97.2 Å². The van der Waals surface area contributed by atoms with Gasteiger partial charge in [0.15, 0.2) is 0 Å². The average Bonchev–Trinajstić information content (AvgIpc) is 2.84. The van der Waals surface area contributed by atoms with E-state index in [1.54, 1.807) is 22.7 Å². The van der Waals surface area contributed by atoms with Crippen molar-refractivity contribution >= 4 is 22.7 Å². The summed E-state index contributed by atoms with van der Waals surface area (Å²) in [7, 11) is 0. The molecule has 2 heterocycles. The van der Waals surface area contributed by atoms with Crippen molar-refractivity contribution < 1.29 is 0 Å². The molecule has 0 radical (unpaired) electrons. The van der Waals surface area contributed by atoms with Crippen LogP contribution in [0.3, 0.4) is 0 Å². The minimum absolute atomic E-state index is 0.361. The van der Waals surface area contributed by atoms with Crippen LogP contribution in [-0.2, 0) is 6.54 Å². The quantitative estimate of drug-likeness (QED) is 0.891. The molecule has 0 spiro atoms. The molecular formula is C10H13N3S2. The second kappa shape index (κ2) is 4.83. The van der Waals surface area contributed by atoms with Crippen molar-refractivity contribution in [3.05, 3.63) is 32.7 Å². The van der Waals surface area contributed by atoms with Gasteiger partial charge in [0.25, 0.3) is 0 Å². The molecule has 0 aromatic carbocycles. The maximum Gasteiger partial charge on any atom is 0.0798 e. The van der Waals surface area contributed by atoms with Gasteiger partial charge in [-0.25, -0.2) is 4.98 Å². The Morgan fingerprint density at radius 1 is 1.40 bits per heavy atom. The zero-order valence-electron chi connectivity index (χ0n) is 8.73. The van der Waals surface area contributed by atoms with E-state index >= 15 is 0 Å². The molecule has 2 aromatic rings. The third kappa shape index (κ3) is 2.62. The molecule has 0 bridgehead atoms. The Morgan fingerprint density at radius 2 is 2.27 bits per heavy atom. The van der Waals surface area contributed by atoms with Crippen LogP contribution in [0.1, 0.15) is 28.4 Å². The minimum atomic E-state index is 0.361. The van der Waals surface area contributed by atoms with E-state index in [0.29, 0.717) is 6.04 Å². The van der Waals surface area contributed by atoms with Crippen LogP contribution in [0.25, 0.3) is 0 Å². The minimum Gasteiger partial charge on any atom is -0.304 e. The lowest BCUT2D eigenvalue weighted by atomic mass is 10.2. The smallest absolute Gasteiger partial charge is 0.0798 e. The van der Waals surface area contributed by atoms with Crippen LogP contribution in [0.15, 0.2) is 17.2 Å². The van der Waals surface area contributed by atoms with Gasteiger partial charge in [0.05, 0.1) is 16.7 Å². The SMILES string of the molecule is Cc1ncsc1C(C)NCc1cncs1. The first-order valence-electron chi connectivity index (χ1n) is 4.78. The Balaban J connectivity index is 1.93. The third-order valence-electron chi connectivity index (χ3n) is 2.24. The molecule has 80 valence electrons. The fourth-order valence-corrected chi connectivity index (χ4v) is 2.78. The molecule has 1 unspecified atom stereocenters. The van der Waals surface area contributed by atoms with Gasteiger partial charge in [-0.2, -0.15) is 0 Å². The molecule has 2 aromatic heterocycles. The number of nitrogens with one attached hydrogen (secondary N) is 1. The first kappa shape index (κ1) is 10.7. The number of thiazole rings is 2. The van der Waals surface area contributed by atoms with E-state index in [-0.39, 0.29) is 0 Å². The third-order valence-corrected chi connectivity index (χ3v) is 4.14. The first-order chi connectivity index (χ1) is 7.27. The predicted octanol–water partition coefficient (Wildman–Crippen LogP) is 2.76. The molecule has 0 aliphatic rings. The average molecular weight is 239 g/mol. The Morgan fingerprint density at radius 3 is 2.87 bits per heavy atom. The molecule has 5 heteroatoms. The van der Waals surface area contributed by atoms with E-state index in [9.17, 15) is 0 Å². The van der Waals surface area contributed by atoms with E-state index in [0.717, 1.165) is 12.2 Å². The van der Waals surface area contributed by atoms with Crippen molar-refractivity contribution in [2.45, 2.75) is 26.4 Å². The van der Waals surface area contributed by atoms with Gasteiger partial charge in [-0.05, 0) is 13.8 Å². The standard InChI is InChI=1S/C10H13N3S2/c1-7(10-8(2)13-6-15-10)12-4-9-3-11-5-14-9/h3,5-7,12H,4H2,1-2H3. The summed E-state index contributed by atoms with van der Waals surface area (Å²) in [5.74, 6) is 0. The van der Waals surface area contributed by atoms with Crippen molar-refractivity contribution in [1.82, 2.24) is 15.3 Å². The summed E-state index contributed by atoms with van der Waals surface area (Å²) in [6.45, 7) is 5.10. The van der Waals surface area contributed by atoms with Crippen molar-refractivity contribution in [3.8, 4) is 0 Å². The summed E-state index contributed by atoms with van der Waals surface area (Å²) in [4.78, 5) is 10.9. The van der Waals surface area contributed by atoms with Gasteiger partial charge < -0.3 is 5.32 Å². The van der Waals surface area contributed by atoms with Crippen LogP contribution < -0.4 is 5.32 Å². The van der Waals surface area contributed by atoms with Gasteiger partial charge in [-0.3, -0.25) is 4.98 Å². The van der Waals surface area contributed by atoms with Gasteiger partial charge in [-0.1, -0.05) is 0 Å². The Kier molecular flexibility index (Phi) is 3.45. The van der Waals surface area contributed by atoms with Crippen molar-refractivity contribution in [2.24, 2.45) is 0 Å². The molecule has 0 aliphatic heterocycles. The fourth-order valence-electron chi connectivity index (χ4n) is 1.40. The summed E-state index contributed by atoms with van der Waals surface area (Å²) in [5, 5.41) is 3.47. The van der Waals surface area contributed by atoms with Gasteiger partial charge in [0, 0.05) is 28.5 Å². The van der Waals surface area contributed by atoms with Crippen LogP contribution in [0, 0.1) is 6.92 Å². The van der Waals surface area contributed by atoms with Gasteiger partial charge in [-0.15, -0.1) is 22.7 Å². The molecular weight excluding hydrogens is 226 g/mol. The number of hydrogen-bond donors (Lipinski definition) is 1. The highest BCUT2D eigenvalue weighted by molar-refractivity contribution is 7.10. The van der Waals surface area contributed by atoms with Crippen LogP contribution in [0.5, 0.6) is 0 Å². The molecule has 0 saturated carbocycles. The van der Waals surface area contributed by atoms with E-state index in [4.69, 9.17) is 0 Å². The van der Waals surface area contributed by atoms with Gasteiger partial charge in [0.2, 0.25) is 0 Å². The number of aromatic nitrogens is 2. The highest BCUT2D eigenvalue weighted by atomic mass is 32.1. The maximum absolute atomic E-state index is 4.25. The normalized spacial score (nSPS) is 12.9. The lowest BCUT2D eigenvalue weighted by molar-refractivity contribution is 0.583. The topological polar surface area (TPSA) is 37.8 Å². The Hall–Kier alpha value is -0.780. The molecule has 2 rings (SSSR count). The molecule has 1 N–H and O–H groups in total. The second-order valence-electron chi connectivity index (χ2n) is 3.37. The van der Waals surface area contributed by atoms with E-state index in [2.05, 4.69) is 29.1 Å². The van der Waals surface area contributed by atoms with Crippen LogP contribution in [0.2, 0.25) is 0 Å². The summed E-state index contributed by atoms with van der Waals surface area (Å²) < 4.78 is 0. The largest absolute Gasteiger partial charge is 0.304 e. The number of hydrogen-bond acceptors (Lipinski definition) is 5. The van der Waals surface area contributed by atoms with E-state index in [1.807, 2.05) is 17.2 Å². The van der Waals surface area contributed by atoms with Crippen LogP contribution in [0.4, 0.5) is 0 Å². The van der Waals surface area contributed by atoms with Crippen LogP contribution in [-0.4, -0.2) is 9.97 Å². The first-order valence-corrected chi connectivity index (χ1v) is 6.54. The predicted molar refractivity (Wildman–Crippen MR) is 64.2 cm³/mol. The van der Waals surface area contributed by atoms with Crippen molar-refractivity contribution in [1.29, 1.82) is 0 Å². The maximum atomic E-state index is 4.25. The van der Waals surface area contributed by atoms with Crippen molar-refractivity contribution in [2.75, 3.05) is 0 Å². The number of rotatable bonds is 4. The van der Waals surface area contributed by atoms with Gasteiger partial charge >= 0.3 is 0 Å². The van der Waals surface area contributed by atoms with E-state index in [1.165, 1.54) is 9.75 Å². The summed E-state index contributed by atoms with van der Waals surface area (Å²) in [5.41, 5.74) is 4.89. The summed E-state index contributed by atoms with van der Waals surface area (Å²) in [6.07, 6.45) is 1.91. The molecule has 0 fully saturated rings. The molecule has 0 saturated heterocycles. The monoisotopic (exact) mass is 239 g/mol. The number of nitrogens with zero attached hydrogens (tertiary/aromatic N) is 2. The Bertz CT molecular complexity index is 408. The highest BCUT2D eigenvalue weighted by Gasteiger charge is 2.10. The zero-order chi connectivity index (χ0) is 10.7. The number of aryl methyl sites for hydroxylation is 1. The molecule has 15 heavy (non-hydrogen) atoms. The molecule has 0 aliphatic carbocycles. The molecule has 3 nitrogen and oxygen atoms in total. The van der Waals surface area contributed by atoms with Crippen molar-refractivity contribution in [3.63, 3.8) is 0 Å². The van der Waals surface area contributed by atoms with Crippen LogP contribution >= 0.6 is 22.7 Å². The zero-order valence-corrected chi connectivity index (χ0v) is 10.4. The lowest BCUT2D eigenvalue weighted by Crippen LogP contribution is -2.17. The highest BCUT2D eigenvalue weighted by Crippen LogP contribution is 2.21. The summed E-state index contributed by atoms with van der Waals surface area (Å²) in [6, 6.07) is 0.361. The fraction of sp³-hybridized carbons (Fsp3) is 0.400. The lowest BCUT2D eigenvalue weighted by Gasteiger charge is -2.11. The second-order valence-corrected chi connectivity index (χ2v) is 5.23. The molecule has 1 atom stereocenters. The summed E-state index contributed by atoms with van der Waals surface area (Å²) >= 11 is 3.39. The molecule has 0 amide bonds.